The van der Waals surface area contributed by atoms with Crippen LogP contribution in [0, 0.1) is 11.8 Å². The van der Waals surface area contributed by atoms with Gasteiger partial charge in [0.1, 0.15) is 12.1 Å². The van der Waals surface area contributed by atoms with E-state index in [0.29, 0.717) is 0 Å². The zero-order valence-corrected chi connectivity index (χ0v) is 11.3. The topological polar surface area (TPSA) is 37.8 Å². The Kier molecular flexibility index (Phi) is 3.48. The van der Waals surface area contributed by atoms with E-state index in [1.54, 1.807) is 6.33 Å². The van der Waals surface area contributed by atoms with Crippen LogP contribution < -0.4 is 5.32 Å². The van der Waals surface area contributed by atoms with Crippen LogP contribution in [0.1, 0.15) is 50.3 Å². The van der Waals surface area contributed by atoms with Crippen molar-refractivity contribution >= 4 is 5.82 Å². The van der Waals surface area contributed by atoms with Gasteiger partial charge in [0.15, 0.2) is 0 Å². The molecule has 0 saturated heterocycles. The standard InChI is InChI=1S/C15H23N3/c1-11-5-2-3-6-12(11)9-16-15-13-7-4-8-14(13)17-10-18-15/h10-12H,2-9H2,1H3,(H,16,17,18). The highest BCUT2D eigenvalue weighted by atomic mass is 15.0. The van der Waals surface area contributed by atoms with E-state index in [4.69, 9.17) is 0 Å². The van der Waals surface area contributed by atoms with Gasteiger partial charge < -0.3 is 5.32 Å². The molecule has 2 aliphatic rings. The lowest BCUT2D eigenvalue weighted by Crippen LogP contribution is -2.25. The third-order valence-corrected chi connectivity index (χ3v) is 4.70. The van der Waals surface area contributed by atoms with Crippen LogP contribution in [0.2, 0.25) is 0 Å². The fraction of sp³-hybridized carbons (Fsp3) is 0.733. The van der Waals surface area contributed by atoms with E-state index in [1.165, 1.54) is 43.4 Å². The number of rotatable bonds is 3. The SMILES string of the molecule is CC1CCCCC1CNc1ncnc2c1CCC2. The van der Waals surface area contributed by atoms with Crippen molar-refractivity contribution in [3.8, 4) is 0 Å². The highest BCUT2D eigenvalue weighted by Crippen LogP contribution is 2.30. The summed E-state index contributed by atoms with van der Waals surface area (Å²) in [5, 5.41) is 3.59. The predicted molar refractivity (Wildman–Crippen MR) is 73.7 cm³/mol. The minimum absolute atomic E-state index is 0.825. The average Bonchev–Trinajstić information content (AvgIpc) is 2.86. The number of nitrogens with zero attached hydrogens (tertiary/aromatic N) is 2. The molecule has 0 bridgehead atoms. The Balaban J connectivity index is 1.65. The zero-order chi connectivity index (χ0) is 12.4. The molecular formula is C15H23N3. The van der Waals surface area contributed by atoms with Gasteiger partial charge in [-0.25, -0.2) is 9.97 Å². The van der Waals surface area contributed by atoms with Crippen LogP contribution >= 0.6 is 0 Å². The Morgan fingerprint density at radius 3 is 2.94 bits per heavy atom. The molecule has 0 radical (unpaired) electrons. The Morgan fingerprint density at radius 1 is 1.17 bits per heavy atom. The van der Waals surface area contributed by atoms with E-state index >= 15 is 0 Å². The first-order valence-electron chi connectivity index (χ1n) is 7.41. The second-order valence-electron chi connectivity index (χ2n) is 5.90. The zero-order valence-electron chi connectivity index (χ0n) is 11.3. The van der Waals surface area contributed by atoms with Gasteiger partial charge in [0.25, 0.3) is 0 Å². The molecule has 2 atom stereocenters. The second kappa shape index (κ2) is 5.25. The maximum Gasteiger partial charge on any atom is 0.132 e. The molecule has 1 aromatic rings. The molecule has 1 N–H and O–H groups in total. The predicted octanol–water partition coefficient (Wildman–Crippen LogP) is 3.20. The summed E-state index contributed by atoms with van der Waals surface area (Å²) < 4.78 is 0. The number of aryl methyl sites for hydroxylation is 1. The summed E-state index contributed by atoms with van der Waals surface area (Å²) >= 11 is 0. The van der Waals surface area contributed by atoms with E-state index in [-0.39, 0.29) is 0 Å². The Labute approximate surface area is 109 Å². The molecule has 1 fully saturated rings. The first-order chi connectivity index (χ1) is 8.84. The molecule has 0 amide bonds. The summed E-state index contributed by atoms with van der Waals surface area (Å²) in [4.78, 5) is 8.82. The molecule has 3 rings (SSSR count). The maximum atomic E-state index is 4.44. The van der Waals surface area contributed by atoms with Crippen molar-refractivity contribution in [3.63, 3.8) is 0 Å². The van der Waals surface area contributed by atoms with Crippen molar-refractivity contribution in [1.82, 2.24) is 9.97 Å². The summed E-state index contributed by atoms with van der Waals surface area (Å²) in [6.45, 7) is 3.49. The van der Waals surface area contributed by atoms with Gasteiger partial charge in [0.05, 0.1) is 0 Å². The van der Waals surface area contributed by atoms with Gasteiger partial charge in [-0.15, -0.1) is 0 Å². The lowest BCUT2D eigenvalue weighted by Gasteiger charge is -2.29. The minimum Gasteiger partial charge on any atom is -0.369 e. The molecule has 2 unspecified atom stereocenters. The lowest BCUT2D eigenvalue weighted by atomic mass is 9.80. The van der Waals surface area contributed by atoms with Gasteiger partial charge in [-0.2, -0.15) is 0 Å². The number of hydrogen-bond donors (Lipinski definition) is 1. The molecule has 3 heteroatoms. The van der Waals surface area contributed by atoms with E-state index in [2.05, 4.69) is 22.2 Å². The first-order valence-corrected chi connectivity index (χ1v) is 7.41. The van der Waals surface area contributed by atoms with Gasteiger partial charge >= 0.3 is 0 Å². The van der Waals surface area contributed by atoms with Gasteiger partial charge in [0, 0.05) is 17.8 Å². The van der Waals surface area contributed by atoms with Crippen molar-refractivity contribution in [2.24, 2.45) is 11.8 Å². The Morgan fingerprint density at radius 2 is 2.06 bits per heavy atom. The molecule has 2 aliphatic carbocycles. The van der Waals surface area contributed by atoms with Gasteiger partial charge in [-0.05, 0) is 37.5 Å². The summed E-state index contributed by atoms with van der Waals surface area (Å²) in [6, 6.07) is 0. The first kappa shape index (κ1) is 11.9. The molecular weight excluding hydrogens is 222 g/mol. The van der Waals surface area contributed by atoms with Gasteiger partial charge in [0.2, 0.25) is 0 Å². The van der Waals surface area contributed by atoms with E-state index in [1.807, 2.05) is 0 Å². The average molecular weight is 245 g/mol. The minimum atomic E-state index is 0.825. The van der Waals surface area contributed by atoms with E-state index < -0.39 is 0 Å². The van der Waals surface area contributed by atoms with Crippen molar-refractivity contribution in [3.05, 3.63) is 17.6 Å². The largest absolute Gasteiger partial charge is 0.369 e. The quantitative estimate of drug-likeness (QED) is 0.888. The molecule has 98 valence electrons. The monoisotopic (exact) mass is 245 g/mol. The third kappa shape index (κ3) is 2.36. The molecule has 0 aromatic carbocycles. The molecule has 1 aromatic heterocycles. The molecule has 0 spiro atoms. The maximum absolute atomic E-state index is 4.44. The molecule has 18 heavy (non-hydrogen) atoms. The van der Waals surface area contributed by atoms with Gasteiger partial charge in [-0.3, -0.25) is 0 Å². The van der Waals surface area contributed by atoms with Crippen LogP contribution in [-0.2, 0) is 12.8 Å². The molecule has 3 nitrogen and oxygen atoms in total. The molecule has 1 heterocycles. The number of aromatic nitrogens is 2. The fourth-order valence-electron chi connectivity index (χ4n) is 3.44. The van der Waals surface area contributed by atoms with Crippen LogP contribution in [0.25, 0.3) is 0 Å². The molecule has 0 aliphatic heterocycles. The van der Waals surface area contributed by atoms with Crippen molar-refractivity contribution < 1.29 is 0 Å². The van der Waals surface area contributed by atoms with Crippen molar-refractivity contribution in [2.45, 2.75) is 51.9 Å². The highest BCUT2D eigenvalue weighted by Gasteiger charge is 2.22. The van der Waals surface area contributed by atoms with Crippen LogP contribution in [-0.4, -0.2) is 16.5 Å². The van der Waals surface area contributed by atoms with E-state index in [0.717, 1.165) is 37.0 Å². The van der Waals surface area contributed by atoms with Gasteiger partial charge in [-0.1, -0.05) is 26.2 Å². The van der Waals surface area contributed by atoms with Crippen LogP contribution in [0.3, 0.4) is 0 Å². The number of anilines is 1. The van der Waals surface area contributed by atoms with Crippen molar-refractivity contribution in [2.75, 3.05) is 11.9 Å². The lowest BCUT2D eigenvalue weighted by molar-refractivity contribution is 0.268. The summed E-state index contributed by atoms with van der Waals surface area (Å²) in [5.41, 5.74) is 2.64. The highest BCUT2D eigenvalue weighted by molar-refractivity contribution is 5.47. The summed E-state index contributed by atoms with van der Waals surface area (Å²) in [6.07, 6.45) is 10.8. The van der Waals surface area contributed by atoms with Crippen LogP contribution in [0.4, 0.5) is 5.82 Å². The Bertz CT molecular complexity index is 416. The smallest absolute Gasteiger partial charge is 0.132 e. The van der Waals surface area contributed by atoms with Crippen LogP contribution in [0.5, 0.6) is 0 Å². The Hall–Kier alpha value is -1.12. The third-order valence-electron chi connectivity index (χ3n) is 4.70. The summed E-state index contributed by atoms with van der Waals surface area (Å²) in [5.74, 6) is 2.79. The normalized spacial score (nSPS) is 26.9. The number of hydrogen-bond acceptors (Lipinski definition) is 3. The fourth-order valence-corrected chi connectivity index (χ4v) is 3.44. The number of nitrogens with one attached hydrogen (secondary N) is 1. The number of fused-ring (bicyclic) bond motifs is 1. The van der Waals surface area contributed by atoms with E-state index in [9.17, 15) is 0 Å². The van der Waals surface area contributed by atoms with Crippen molar-refractivity contribution in [1.29, 1.82) is 0 Å². The van der Waals surface area contributed by atoms with Crippen LogP contribution in [0.15, 0.2) is 6.33 Å². The second-order valence-corrected chi connectivity index (χ2v) is 5.90. The summed E-state index contributed by atoms with van der Waals surface area (Å²) in [7, 11) is 0. The molecule has 1 saturated carbocycles.